The van der Waals surface area contributed by atoms with Gasteiger partial charge in [0, 0.05) is 25.4 Å². The second-order valence-corrected chi connectivity index (χ2v) is 8.88. The van der Waals surface area contributed by atoms with Crippen LogP contribution in [0.3, 0.4) is 0 Å². The smallest absolute Gasteiger partial charge is 0.224 e. The summed E-state index contributed by atoms with van der Waals surface area (Å²) in [6, 6.07) is 3.78. The maximum Gasteiger partial charge on any atom is 0.224 e. The zero-order chi connectivity index (χ0) is 16.7. The van der Waals surface area contributed by atoms with Crippen LogP contribution in [0.5, 0.6) is 0 Å². The number of piperidine rings is 1. The van der Waals surface area contributed by atoms with E-state index in [4.69, 9.17) is 4.42 Å². The van der Waals surface area contributed by atoms with E-state index in [1.807, 2.05) is 12.1 Å². The Morgan fingerprint density at radius 1 is 1.52 bits per heavy atom. The average Bonchev–Trinajstić information content (AvgIpc) is 3.08. The van der Waals surface area contributed by atoms with Gasteiger partial charge >= 0.3 is 0 Å². The van der Waals surface area contributed by atoms with Gasteiger partial charge in [0.25, 0.3) is 0 Å². The van der Waals surface area contributed by atoms with Crippen LogP contribution in [0.2, 0.25) is 0 Å². The lowest BCUT2D eigenvalue weighted by Crippen LogP contribution is -2.46. The van der Waals surface area contributed by atoms with Crippen molar-refractivity contribution in [2.45, 2.75) is 25.5 Å². The Morgan fingerprint density at radius 3 is 3.04 bits per heavy atom. The lowest BCUT2D eigenvalue weighted by Gasteiger charge is -2.30. The molecule has 23 heavy (non-hydrogen) atoms. The molecule has 1 amide bonds. The minimum atomic E-state index is -3.20. The Labute approximate surface area is 142 Å². The van der Waals surface area contributed by atoms with Gasteiger partial charge in [0.15, 0.2) is 0 Å². The molecule has 1 aromatic heterocycles. The Kier molecular flexibility index (Phi) is 6.98. The molecule has 0 saturated carbocycles. The molecule has 8 heteroatoms. The van der Waals surface area contributed by atoms with Crippen molar-refractivity contribution in [3.05, 3.63) is 24.2 Å². The molecule has 2 heterocycles. The molecule has 1 atom stereocenters. The Hall–Kier alpha value is -0.990. The number of carbonyl (C=O) groups excluding carboxylic acids is 1. The number of sulfonamides is 1. The van der Waals surface area contributed by atoms with E-state index in [1.165, 1.54) is 4.31 Å². The number of hydrogen-bond acceptors (Lipinski definition) is 5. The van der Waals surface area contributed by atoms with Crippen molar-refractivity contribution in [2.75, 3.05) is 31.1 Å². The molecule has 1 aromatic rings. The van der Waals surface area contributed by atoms with Gasteiger partial charge in [-0.25, -0.2) is 12.7 Å². The Morgan fingerprint density at radius 2 is 2.35 bits per heavy atom. The molecule has 6 nitrogen and oxygen atoms in total. The lowest BCUT2D eigenvalue weighted by atomic mass is 9.99. The minimum absolute atomic E-state index is 0.0420. The van der Waals surface area contributed by atoms with Crippen molar-refractivity contribution < 1.29 is 17.6 Å². The summed E-state index contributed by atoms with van der Waals surface area (Å²) in [4.78, 5) is 12.2. The van der Waals surface area contributed by atoms with Crippen molar-refractivity contribution in [1.82, 2.24) is 9.62 Å². The molecule has 0 aliphatic carbocycles. The van der Waals surface area contributed by atoms with Crippen LogP contribution in [0.4, 0.5) is 0 Å². The van der Waals surface area contributed by atoms with Crippen molar-refractivity contribution in [2.24, 2.45) is 5.92 Å². The van der Waals surface area contributed by atoms with Crippen LogP contribution in [0.15, 0.2) is 22.8 Å². The molecule has 0 spiro atoms. The highest BCUT2D eigenvalue weighted by atomic mass is 32.2. The van der Waals surface area contributed by atoms with Crippen molar-refractivity contribution in [3.8, 4) is 0 Å². The summed E-state index contributed by atoms with van der Waals surface area (Å²) < 4.78 is 30.5. The third-order valence-corrected chi connectivity index (χ3v) is 6.71. The molecule has 1 fully saturated rings. The number of rotatable bonds is 8. The lowest BCUT2D eigenvalue weighted by molar-refractivity contribution is -0.125. The number of hydrogen-bond donors (Lipinski definition) is 1. The van der Waals surface area contributed by atoms with Crippen LogP contribution < -0.4 is 5.32 Å². The van der Waals surface area contributed by atoms with Gasteiger partial charge in [-0.05, 0) is 31.9 Å². The van der Waals surface area contributed by atoms with E-state index in [9.17, 15) is 13.2 Å². The molecular formula is C15H24N2O4S2. The van der Waals surface area contributed by atoms with E-state index in [0.717, 1.165) is 30.1 Å². The summed E-state index contributed by atoms with van der Waals surface area (Å²) in [7, 11) is -3.20. The van der Waals surface area contributed by atoms with E-state index >= 15 is 0 Å². The van der Waals surface area contributed by atoms with Gasteiger partial charge < -0.3 is 9.73 Å². The first-order valence-corrected chi connectivity index (χ1v) is 10.6. The number of furan rings is 1. The topological polar surface area (TPSA) is 79.6 Å². The standard InChI is InChI=1S/C15H24N2O4S2/c1-2-23(19,20)17-8-3-5-13(11-17)15(18)16-7-10-22-12-14-6-4-9-21-14/h4,6,9,13H,2-3,5,7-8,10-12H2,1H3,(H,16,18). The molecule has 1 N–H and O–H groups in total. The zero-order valence-electron chi connectivity index (χ0n) is 13.4. The van der Waals surface area contributed by atoms with Gasteiger partial charge in [-0.15, -0.1) is 0 Å². The first kappa shape index (κ1) is 18.4. The summed E-state index contributed by atoms with van der Waals surface area (Å²) in [6.45, 7) is 3.05. The highest BCUT2D eigenvalue weighted by Gasteiger charge is 2.31. The van der Waals surface area contributed by atoms with Gasteiger partial charge in [-0.2, -0.15) is 11.8 Å². The largest absolute Gasteiger partial charge is 0.468 e. The highest BCUT2D eigenvalue weighted by molar-refractivity contribution is 7.98. The molecule has 0 aromatic carbocycles. The molecule has 1 saturated heterocycles. The van der Waals surface area contributed by atoms with Crippen LogP contribution in [-0.4, -0.2) is 49.8 Å². The Balaban J connectivity index is 1.68. The maximum atomic E-state index is 12.2. The van der Waals surface area contributed by atoms with E-state index in [2.05, 4.69) is 5.32 Å². The average molecular weight is 361 g/mol. The summed E-state index contributed by atoms with van der Waals surface area (Å²) >= 11 is 1.69. The molecule has 1 aliphatic rings. The van der Waals surface area contributed by atoms with E-state index in [1.54, 1.807) is 24.9 Å². The predicted octanol–water partition coefficient (Wildman–Crippen LogP) is 1.69. The van der Waals surface area contributed by atoms with Gasteiger partial charge in [-0.1, -0.05) is 0 Å². The monoisotopic (exact) mass is 360 g/mol. The molecule has 2 rings (SSSR count). The molecular weight excluding hydrogens is 336 g/mol. The number of amides is 1. The van der Waals surface area contributed by atoms with Gasteiger partial charge in [-0.3, -0.25) is 4.79 Å². The number of nitrogens with zero attached hydrogens (tertiary/aromatic N) is 1. The maximum absolute atomic E-state index is 12.2. The third-order valence-electron chi connectivity index (χ3n) is 3.88. The van der Waals surface area contributed by atoms with Crippen LogP contribution in [0, 0.1) is 5.92 Å². The quantitative estimate of drug-likeness (QED) is 0.714. The third kappa shape index (κ3) is 5.54. The van der Waals surface area contributed by atoms with E-state index in [0.29, 0.717) is 19.6 Å². The van der Waals surface area contributed by atoms with Crippen LogP contribution in [0.25, 0.3) is 0 Å². The summed E-state index contributed by atoms with van der Waals surface area (Å²) in [6.07, 6.45) is 3.14. The fraction of sp³-hybridized carbons (Fsp3) is 0.667. The van der Waals surface area contributed by atoms with Crippen molar-refractivity contribution >= 4 is 27.7 Å². The number of carbonyl (C=O) groups is 1. The molecule has 0 radical (unpaired) electrons. The minimum Gasteiger partial charge on any atom is -0.468 e. The van der Waals surface area contributed by atoms with Gasteiger partial charge in [0.05, 0.1) is 23.7 Å². The molecule has 1 unspecified atom stereocenters. The second-order valence-electron chi connectivity index (χ2n) is 5.52. The molecule has 130 valence electrons. The fourth-order valence-electron chi connectivity index (χ4n) is 2.55. The summed E-state index contributed by atoms with van der Waals surface area (Å²) in [5, 5.41) is 2.91. The van der Waals surface area contributed by atoms with Crippen LogP contribution in [-0.2, 0) is 20.6 Å². The predicted molar refractivity (Wildman–Crippen MR) is 91.6 cm³/mol. The van der Waals surface area contributed by atoms with Crippen molar-refractivity contribution in [3.63, 3.8) is 0 Å². The summed E-state index contributed by atoms with van der Waals surface area (Å²) in [5.41, 5.74) is 0. The first-order valence-electron chi connectivity index (χ1n) is 7.88. The van der Waals surface area contributed by atoms with Crippen molar-refractivity contribution in [1.29, 1.82) is 0 Å². The highest BCUT2D eigenvalue weighted by Crippen LogP contribution is 2.19. The number of nitrogens with one attached hydrogen (secondary N) is 1. The SMILES string of the molecule is CCS(=O)(=O)N1CCCC(C(=O)NCCSCc2ccco2)C1. The second kappa shape index (κ2) is 8.75. The molecule has 1 aliphatic heterocycles. The van der Waals surface area contributed by atoms with E-state index < -0.39 is 10.0 Å². The zero-order valence-corrected chi connectivity index (χ0v) is 15.0. The van der Waals surface area contributed by atoms with Crippen LogP contribution >= 0.6 is 11.8 Å². The number of thioether (sulfide) groups is 1. The Bertz CT molecular complexity index is 587. The molecule has 0 bridgehead atoms. The van der Waals surface area contributed by atoms with Crippen LogP contribution in [0.1, 0.15) is 25.5 Å². The van der Waals surface area contributed by atoms with E-state index in [-0.39, 0.29) is 17.6 Å². The summed E-state index contributed by atoms with van der Waals surface area (Å²) in [5.74, 6) is 2.32. The first-order chi connectivity index (χ1) is 11.0. The fourth-order valence-corrected chi connectivity index (χ4v) is 4.49. The van der Waals surface area contributed by atoms with Gasteiger partial charge in [0.2, 0.25) is 15.9 Å². The normalized spacial score (nSPS) is 19.6. The van der Waals surface area contributed by atoms with Gasteiger partial charge in [0.1, 0.15) is 5.76 Å².